The van der Waals surface area contributed by atoms with Crippen LogP contribution in [0.2, 0.25) is 0 Å². The van der Waals surface area contributed by atoms with Crippen molar-refractivity contribution in [2.45, 2.75) is 12.3 Å². The van der Waals surface area contributed by atoms with Gasteiger partial charge in [-0.15, -0.1) is 0 Å². The van der Waals surface area contributed by atoms with E-state index in [4.69, 9.17) is 14.4 Å². The van der Waals surface area contributed by atoms with E-state index in [2.05, 4.69) is 177 Å². The van der Waals surface area contributed by atoms with Crippen LogP contribution < -0.4 is 0 Å². The lowest BCUT2D eigenvalue weighted by Crippen LogP contribution is -2.22. The van der Waals surface area contributed by atoms with Crippen molar-refractivity contribution in [1.82, 2.24) is 9.97 Å². The first kappa shape index (κ1) is 33.0. The van der Waals surface area contributed by atoms with E-state index in [1.54, 1.807) is 0 Å². The molecule has 3 heteroatoms. The van der Waals surface area contributed by atoms with Crippen LogP contribution in [0.5, 0.6) is 0 Å². The van der Waals surface area contributed by atoms with Gasteiger partial charge in [0.15, 0.2) is 5.82 Å². The smallest absolute Gasteiger partial charge is 0.160 e. The van der Waals surface area contributed by atoms with Gasteiger partial charge in [0.05, 0.1) is 11.4 Å². The Morgan fingerprint density at radius 2 is 0.930 bits per heavy atom. The number of aromatic nitrogens is 2. The highest BCUT2D eigenvalue weighted by atomic mass is 16.3. The third kappa shape index (κ3) is 5.35. The molecule has 0 bridgehead atoms. The van der Waals surface area contributed by atoms with E-state index >= 15 is 0 Å². The SMILES string of the molecule is CC1(c2cccc(-c3cccc(-c4cc(-c5ccccc5-c5cccc6c5oc5ccccc56)nc(-c5ccccc5)n4)c3)c2)c2ccccc2-c2ccccc21. The summed E-state index contributed by atoms with van der Waals surface area (Å²) >= 11 is 0. The number of hydrogen-bond acceptors (Lipinski definition) is 3. The van der Waals surface area contributed by atoms with Crippen LogP contribution in [0.4, 0.5) is 0 Å². The molecule has 0 radical (unpaired) electrons. The molecular weight excluding hydrogens is 693 g/mol. The van der Waals surface area contributed by atoms with Crippen molar-refractivity contribution in [3.8, 4) is 67.3 Å². The lowest BCUT2D eigenvalue weighted by molar-refractivity contribution is 0.670. The quantitative estimate of drug-likeness (QED) is 0.171. The summed E-state index contributed by atoms with van der Waals surface area (Å²) in [5.74, 6) is 0.679. The number of rotatable bonds is 6. The average molecular weight is 729 g/mol. The number of hydrogen-bond donors (Lipinski definition) is 0. The van der Waals surface area contributed by atoms with Gasteiger partial charge in [0.25, 0.3) is 0 Å². The molecule has 57 heavy (non-hydrogen) atoms. The van der Waals surface area contributed by atoms with Crippen molar-refractivity contribution in [3.05, 3.63) is 217 Å². The van der Waals surface area contributed by atoms with Gasteiger partial charge in [0, 0.05) is 38.4 Å². The second kappa shape index (κ2) is 13.1. The van der Waals surface area contributed by atoms with E-state index in [9.17, 15) is 0 Å². The maximum atomic E-state index is 6.52. The van der Waals surface area contributed by atoms with E-state index in [-0.39, 0.29) is 5.41 Å². The second-order valence-electron chi connectivity index (χ2n) is 15.0. The summed E-state index contributed by atoms with van der Waals surface area (Å²) in [6, 6.07) is 71.0. The van der Waals surface area contributed by atoms with E-state index in [0.29, 0.717) is 5.82 Å². The minimum Gasteiger partial charge on any atom is -0.455 e. The van der Waals surface area contributed by atoms with Crippen molar-refractivity contribution < 1.29 is 4.42 Å². The zero-order valence-electron chi connectivity index (χ0n) is 31.4. The van der Waals surface area contributed by atoms with Crippen molar-refractivity contribution in [3.63, 3.8) is 0 Å². The average Bonchev–Trinajstić information content (AvgIpc) is 3.80. The van der Waals surface area contributed by atoms with Gasteiger partial charge in [0.2, 0.25) is 0 Å². The van der Waals surface area contributed by atoms with E-state index in [0.717, 1.165) is 66.7 Å². The first-order valence-corrected chi connectivity index (χ1v) is 19.5. The summed E-state index contributed by atoms with van der Waals surface area (Å²) in [7, 11) is 0. The predicted octanol–water partition coefficient (Wildman–Crippen LogP) is 14.0. The third-order valence-electron chi connectivity index (χ3n) is 11.8. The van der Waals surface area contributed by atoms with Gasteiger partial charge in [0.1, 0.15) is 11.2 Å². The lowest BCUT2D eigenvalue weighted by Gasteiger charge is -2.28. The van der Waals surface area contributed by atoms with Gasteiger partial charge in [-0.1, -0.05) is 176 Å². The van der Waals surface area contributed by atoms with Crippen LogP contribution in [0.25, 0.3) is 89.2 Å². The first-order chi connectivity index (χ1) is 28.1. The second-order valence-corrected chi connectivity index (χ2v) is 15.0. The highest BCUT2D eigenvalue weighted by Crippen LogP contribution is 2.52. The Hall–Kier alpha value is -7.36. The molecule has 3 nitrogen and oxygen atoms in total. The molecule has 0 saturated heterocycles. The molecule has 0 aliphatic heterocycles. The lowest BCUT2D eigenvalue weighted by atomic mass is 9.74. The fraction of sp³-hybridized carbons (Fsp3) is 0.0370. The molecule has 0 N–H and O–H groups in total. The Morgan fingerprint density at radius 1 is 0.386 bits per heavy atom. The molecule has 1 aliphatic carbocycles. The van der Waals surface area contributed by atoms with Crippen molar-refractivity contribution >= 4 is 21.9 Å². The predicted molar refractivity (Wildman–Crippen MR) is 234 cm³/mol. The van der Waals surface area contributed by atoms with E-state index < -0.39 is 0 Å². The van der Waals surface area contributed by atoms with E-state index in [1.807, 2.05) is 30.3 Å². The molecule has 0 saturated carbocycles. The molecule has 10 aromatic rings. The van der Waals surface area contributed by atoms with Crippen molar-refractivity contribution in [2.75, 3.05) is 0 Å². The van der Waals surface area contributed by atoms with Crippen molar-refractivity contribution in [1.29, 1.82) is 0 Å². The number of nitrogens with zero attached hydrogens (tertiary/aromatic N) is 2. The monoisotopic (exact) mass is 728 g/mol. The molecule has 268 valence electrons. The minimum absolute atomic E-state index is 0.271. The molecular formula is C54H36N2O. The summed E-state index contributed by atoms with van der Waals surface area (Å²) in [5.41, 5.74) is 17.2. The number of fused-ring (bicyclic) bond motifs is 6. The van der Waals surface area contributed by atoms with Gasteiger partial charge < -0.3 is 4.42 Å². The van der Waals surface area contributed by atoms with Crippen LogP contribution in [-0.2, 0) is 5.41 Å². The molecule has 0 unspecified atom stereocenters. The maximum Gasteiger partial charge on any atom is 0.160 e. The van der Waals surface area contributed by atoms with Gasteiger partial charge in [-0.2, -0.15) is 0 Å². The Kier molecular flexibility index (Phi) is 7.61. The van der Waals surface area contributed by atoms with Gasteiger partial charge in [-0.25, -0.2) is 9.97 Å². The Morgan fingerprint density at radius 3 is 1.72 bits per heavy atom. The number of benzene rings is 8. The highest BCUT2D eigenvalue weighted by Gasteiger charge is 2.40. The summed E-state index contributed by atoms with van der Waals surface area (Å²) in [6.45, 7) is 2.37. The number of furan rings is 1. The molecule has 0 spiro atoms. The molecule has 1 aliphatic rings. The molecule has 0 amide bonds. The minimum atomic E-state index is -0.271. The fourth-order valence-electron chi connectivity index (χ4n) is 8.98. The molecule has 2 heterocycles. The zero-order chi connectivity index (χ0) is 37.9. The molecule has 0 fully saturated rings. The van der Waals surface area contributed by atoms with Crippen LogP contribution in [0.1, 0.15) is 23.6 Å². The zero-order valence-corrected chi connectivity index (χ0v) is 31.4. The summed E-state index contributed by atoms with van der Waals surface area (Å²) in [6.07, 6.45) is 0. The van der Waals surface area contributed by atoms with Crippen molar-refractivity contribution in [2.24, 2.45) is 0 Å². The van der Waals surface area contributed by atoms with Crippen LogP contribution in [0, 0.1) is 0 Å². The maximum absolute atomic E-state index is 6.52. The normalized spacial score (nSPS) is 12.8. The van der Waals surface area contributed by atoms with E-state index in [1.165, 1.54) is 33.4 Å². The molecule has 8 aromatic carbocycles. The fourth-order valence-corrected chi connectivity index (χ4v) is 8.98. The molecule has 11 rings (SSSR count). The van der Waals surface area contributed by atoms with Gasteiger partial charge in [-0.3, -0.25) is 0 Å². The molecule has 0 atom stereocenters. The highest BCUT2D eigenvalue weighted by molar-refractivity contribution is 6.10. The van der Waals surface area contributed by atoms with Gasteiger partial charge >= 0.3 is 0 Å². The third-order valence-corrected chi connectivity index (χ3v) is 11.8. The van der Waals surface area contributed by atoms with Crippen LogP contribution >= 0.6 is 0 Å². The van der Waals surface area contributed by atoms with Gasteiger partial charge in [-0.05, 0) is 75.7 Å². The summed E-state index contributed by atoms with van der Waals surface area (Å²) in [4.78, 5) is 10.5. The standard InChI is InChI=1S/C54H36N2O/c1-54(47-29-10-7-23-41(47)42-24-8-11-30-48(42)54)39-21-14-19-37(33-39)36-18-13-20-38(32-36)49-34-50(56-53(55-49)35-16-3-2-4-17-35)43-25-6-5-22-40(43)45-27-15-28-46-44-26-9-12-31-51(44)57-52(45)46/h2-34H,1H3. The number of para-hydroxylation sites is 2. The Bertz CT molecular complexity index is 3110. The Labute approximate surface area is 331 Å². The first-order valence-electron chi connectivity index (χ1n) is 19.5. The summed E-state index contributed by atoms with van der Waals surface area (Å²) < 4.78 is 6.52. The van der Waals surface area contributed by atoms with Crippen LogP contribution in [0.3, 0.4) is 0 Å². The van der Waals surface area contributed by atoms with Crippen LogP contribution in [0.15, 0.2) is 205 Å². The largest absolute Gasteiger partial charge is 0.455 e. The van der Waals surface area contributed by atoms with Crippen LogP contribution in [-0.4, -0.2) is 9.97 Å². The Balaban J connectivity index is 1.04. The summed E-state index contributed by atoms with van der Waals surface area (Å²) in [5, 5.41) is 2.21. The topological polar surface area (TPSA) is 38.9 Å². The molecule has 2 aromatic heterocycles.